The molecule has 1 aromatic rings. The standard InChI is InChI=1S/C22H27ClN4O3/c1-24-22(26-12-17(30-2)13-4-3-5-16(23)11-13)25-8-9-27-20(28)18-14-6-7-15(10-14)19(18)21(27)29/h3-7,11,14-15,17-19H,8-10,12H2,1-2H3,(H2,24,25,26). The number of methoxy groups -OCH3 is 1. The molecule has 0 aromatic heterocycles. The Hall–Kier alpha value is -2.38. The van der Waals surface area contributed by atoms with Crippen LogP contribution in [0.3, 0.4) is 0 Å². The largest absolute Gasteiger partial charge is 0.375 e. The summed E-state index contributed by atoms with van der Waals surface area (Å²) in [5.41, 5.74) is 0.969. The van der Waals surface area contributed by atoms with E-state index in [1.807, 2.05) is 24.3 Å². The third-order valence-corrected chi connectivity index (χ3v) is 6.61. The number of guanidine groups is 1. The maximum Gasteiger partial charge on any atom is 0.233 e. The quantitative estimate of drug-likeness (QED) is 0.299. The van der Waals surface area contributed by atoms with E-state index in [1.165, 1.54) is 4.90 Å². The second-order valence-electron chi connectivity index (χ2n) is 7.99. The lowest BCUT2D eigenvalue weighted by atomic mass is 9.85. The van der Waals surface area contributed by atoms with Gasteiger partial charge in [-0.1, -0.05) is 35.9 Å². The Bertz CT molecular complexity index is 857. The van der Waals surface area contributed by atoms with Crippen LogP contribution in [-0.2, 0) is 14.3 Å². The number of hydrogen-bond donors (Lipinski definition) is 2. The highest BCUT2D eigenvalue weighted by Crippen LogP contribution is 2.52. The zero-order chi connectivity index (χ0) is 21.3. The van der Waals surface area contributed by atoms with Crippen LogP contribution in [0, 0.1) is 23.7 Å². The molecule has 30 heavy (non-hydrogen) atoms. The van der Waals surface area contributed by atoms with Crippen LogP contribution in [0.4, 0.5) is 0 Å². The Kier molecular flexibility index (Phi) is 6.11. The van der Waals surface area contributed by atoms with Crippen molar-refractivity contribution >= 4 is 29.4 Å². The maximum atomic E-state index is 12.7. The van der Waals surface area contributed by atoms with Crippen LogP contribution >= 0.6 is 11.6 Å². The molecule has 0 radical (unpaired) electrons. The Labute approximate surface area is 181 Å². The summed E-state index contributed by atoms with van der Waals surface area (Å²) < 4.78 is 5.56. The molecule has 2 aliphatic carbocycles. The lowest BCUT2D eigenvalue weighted by molar-refractivity contribution is -0.140. The van der Waals surface area contributed by atoms with Gasteiger partial charge in [-0.15, -0.1) is 0 Å². The topological polar surface area (TPSA) is 83.0 Å². The van der Waals surface area contributed by atoms with Gasteiger partial charge < -0.3 is 15.4 Å². The van der Waals surface area contributed by atoms with E-state index in [-0.39, 0.29) is 41.6 Å². The maximum absolute atomic E-state index is 12.7. The number of fused-ring (bicyclic) bond motifs is 5. The molecule has 2 N–H and O–H groups in total. The number of ether oxygens (including phenoxy) is 1. The minimum atomic E-state index is -0.189. The summed E-state index contributed by atoms with van der Waals surface area (Å²) in [6.45, 7) is 1.28. The number of rotatable bonds is 7. The fourth-order valence-electron chi connectivity index (χ4n) is 4.92. The van der Waals surface area contributed by atoms with Gasteiger partial charge in [0.2, 0.25) is 11.8 Å². The van der Waals surface area contributed by atoms with E-state index in [1.54, 1.807) is 14.2 Å². The molecule has 8 heteroatoms. The van der Waals surface area contributed by atoms with E-state index in [9.17, 15) is 9.59 Å². The minimum Gasteiger partial charge on any atom is -0.375 e. The minimum absolute atomic E-state index is 0.0213. The second-order valence-corrected chi connectivity index (χ2v) is 8.42. The number of imide groups is 1. The van der Waals surface area contributed by atoms with Gasteiger partial charge in [0.25, 0.3) is 0 Å². The molecular weight excluding hydrogens is 404 g/mol. The van der Waals surface area contributed by atoms with Gasteiger partial charge in [-0.25, -0.2) is 0 Å². The van der Waals surface area contributed by atoms with Gasteiger partial charge in [-0.2, -0.15) is 0 Å². The molecule has 1 saturated carbocycles. The van der Waals surface area contributed by atoms with Crippen LogP contribution in [0.25, 0.3) is 0 Å². The number of nitrogens with one attached hydrogen (secondary N) is 2. The average molecular weight is 431 g/mol. The van der Waals surface area contributed by atoms with E-state index in [4.69, 9.17) is 16.3 Å². The molecule has 5 unspecified atom stereocenters. The number of allylic oxidation sites excluding steroid dienone is 2. The van der Waals surface area contributed by atoms with Crippen molar-refractivity contribution in [2.45, 2.75) is 12.5 Å². The molecule has 1 aliphatic heterocycles. The SMILES string of the molecule is CN=C(NCCN1C(=O)C2C3C=CC(C3)C2C1=O)NCC(OC)c1cccc(Cl)c1. The number of aliphatic imine (C=N–C) groups is 1. The van der Waals surface area contributed by atoms with Crippen molar-refractivity contribution in [1.82, 2.24) is 15.5 Å². The first-order chi connectivity index (χ1) is 14.5. The molecule has 160 valence electrons. The third-order valence-electron chi connectivity index (χ3n) is 6.37. The lowest BCUT2D eigenvalue weighted by Crippen LogP contribution is -2.44. The summed E-state index contributed by atoms with van der Waals surface area (Å²) in [5.74, 6) is 0.719. The first-order valence-corrected chi connectivity index (χ1v) is 10.7. The van der Waals surface area contributed by atoms with E-state index in [2.05, 4.69) is 27.8 Å². The molecule has 2 bridgehead atoms. The van der Waals surface area contributed by atoms with Crippen LogP contribution < -0.4 is 10.6 Å². The molecule has 5 atom stereocenters. The molecule has 3 aliphatic rings. The van der Waals surface area contributed by atoms with E-state index in [0.717, 1.165) is 12.0 Å². The van der Waals surface area contributed by atoms with E-state index < -0.39 is 0 Å². The summed E-state index contributed by atoms with van der Waals surface area (Å²) in [5, 5.41) is 7.06. The molecule has 1 heterocycles. The number of carbonyl (C=O) groups is 2. The number of hydrogen-bond acceptors (Lipinski definition) is 4. The van der Waals surface area contributed by atoms with Gasteiger partial charge in [0.05, 0.1) is 17.9 Å². The van der Waals surface area contributed by atoms with Crippen molar-refractivity contribution in [3.63, 3.8) is 0 Å². The Balaban J connectivity index is 1.27. The van der Waals surface area contributed by atoms with Crippen molar-refractivity contribution in [3.05, 3.63) is 47.0 Å². The van der Waals surface area contributed by atoms with Crippen molar-refractivity contribution in [1.29, 1.82) is 0 Å². The highest BCUT2D eigenvalue weighted by molar-refractivity contribution is 6.30. The monoisotopic (exact) mass is 430 g/mol. The van der Waals surface area contributed by atoms with Gasteiger partial charge >= 0.3 is 0 Å². The number of carbonyl (C=O) groups excluding carboxylic acids is 2. The van der Waals surface area contributed by atoms with Crippen LogP contribution in [0.15, 0.2) is 41.4 Å². The smallest absolute Gasteiger partial charge is 0.233 e. The fourth-order valence-corrected chi connectivity index (χ4v) is 5.12. The summed E-state index contributed by atoms with van der Waals surface area (Å²) in [7, 11) is 3.32. The third kappa shape index (κ3) is 3.84. The first-order valence-electron chi connectivity index (χ1n) is 10.3. The molecule has 1 aromatic carbocycles. The number of nitrogens with zero attached hydrogens (tertiary/aromatic N) is 2. The van der Waals surface area contributed by atoms with Gasteiger partial charge in [-0.3, -0.25) is 19.5 Å². The number of amides is 2. The van der Waals surface area contributed by atoms with Gasteiger partial charge in [0.1, 0.15) is 0 Å². The number of likely N-dealkylation sites (tertiary alicyclic amines) is 1. The van der Waals surface area contributed by atoms with Crippen LogP contribution in [-0.4, -0.2) is 56.5 Å². The second kappa shape index (κ2) is 8.78. The molecule has 0 spiro atoms. The van der Waals surface area contributed by atoms with Crippen LogP contribution in [0.2, 0.25) is 5.02 Å². The molecule has 2 amide bonds. The average Bonchev–Trinajstić information content (AvgIpc) is 3.42. The molecule has 4 rings (SSSR count). The summed E-state index contributed by atoms with van der Waals surface area (Å²) in [4.78, 5) is 31.1. The van der Waals surface area contributed by atoms with Gasteiger partial charge in [0, 0.05) is 38.8 Å². The van der Waals surface area contributed by atoms with E-state index in [0.29, 0.717) is 30.6 Å². The molecule has 2 fully saturated rings. The van der Waals surface area contributed by atoms with Crippen LogP contribution in [0.5, 0.6) is 0 Å². The predicted molar refractivity (Wildman–Crippen MR) is 115 cm³/mol. The van der Waals surface area contributed by atoms with Crippen molar-refractivity contribution in [2.75, 3.05) is 33.8 Å². The lowest BCUT2D eigenvalue weighted by Gasteiger charge is -2.20. The highest BCUT2D eigenvalue weighted by Gasteiger charge is 2.58. The highest BCUT2D eigenvalue weighted by atomic mass is 35.5. The van der Waals surface area contributed by atoms with Gasteiger partial charge in [0.15, 0.2) is 5.96 Å². The van der Waals surface area contributed by atoms with Crippen molar-refractivity contribution < 1.29 is 14.3 Å². The fraction of sp³-hybridized carbons (Fsp3) is 0.500. The zero-order valence-electron chi connectivity index (χ0n) is 17.2. The summed E-state index contributed by atoms with van der Waals surface area (Å²) in [6.07, 6.45) is 4.97. The van der Waals surface area contributed by atoms with Gasteiger partial charge in [-0.05, 0) is 36.0 Å². The Morgan fingerprint density at radius 1 is 1.23 bits per heavy atom. The predicted octanol–water partition coefficient (Wildman–Crippen LogP) is 2.00. The molecular formula is C22H27ClN4O3. The normalized spacial score (nSPS) is 28.2. The Morgan fingerprint density at radius 2 is 1.93 bits per heavy atom. The van der Waals surface area contributed by atoms with Crippen LogP contribution in [0.1, 0.15) is 18.1 Å². The first kappa shape index (κ1) is 20.9. The van der Waals surface area contributed by atoms with Crippen molar-refractivity contribution in [3.8, 4) is 0 Å². The number of benzene rings is 1. The Morgan fingerprint density at radius 3 is 2.53 bits per heavy atom. The summed E-state index contributed by atoms with van der Waals surface area (Å²) >= 11 is 6.07. The van der Waals surface area contributed by atoms with Crippen molar-refractivity contribution in [2.24, 2.45) is 28.7 Å². The summed E-state index contributed by atoms with van der Waals surface area (Å²) in [6, 6.07) is 7.54. The zero-order valence-corrected chi connectivity index (χ0v) is 17.9. The molecule has 1 saturated heterocycles. The molecule has 7 nitrogen and oxygen atoms in total. The number of halogens is 1. The van der Waals surface area contributed by atoms with E-state index >= 15 is 0 Å².